The predicted octanol–water partition coefficient (Wildman–Crippen LogP) is 4.08. The van der Waals surface area contributed by atoms with Gasteiger partial charge in [0, 0.05) is 36.5 Å². The van der Waals surface area contributed by atoms with Crippen LogP contribution in [-0.2, 0) is 6.54 Å². The van der Waals surface area contributed by atoms with Crippen molar-refractivity contribution in [3.8, 4) is 11.3 Å². The van der Waals surface area contributed by atoms with E-state index in [0.29, 0.717) is 6.54 Å². The molecule has 6 heteroatoms. The maximum Gasteiger partial charge on any atom is 0.155 e. The number of nitrogens with zero attached hydrogens (tertiary/aromatic N) is 6. The highest BCUT2D eigenvalue weighted by molar-refractivity contribution is 5.64. The Bertz CT molecular complexity index is 940. The van der Waals surface area contributed by atoms with Crippen molar-refractivity contribution in [2.45, 2.75) is 6.54 Å². The van der Waals surface area contributed by atoms with E-state index in [1.807, 2.05) is 53.2 Å². The minimum atomic E-state index is 0.545. The fourth-order valence-corrected chi connectivity index (χ4v) is 2.37. The number of benzene rings is 1. The van der Waals surface area contributed by atoms with Crippen LogP contribution in [0.15, 0.2) is 83.8 Å². The molecule has 0 saturated heterocycles. The van der Waals surface area contributed by atoms with Crippen molar-refractivity contribution in [1.29, 1.82) is 0 Å². The highest BCUT2D eigenvalue weighted by Crippen LogP contribution is 2.22. The summed E-state index contributed by atoms with van der Waals surface area (Å²) in [5, 5.41) is 8.47. The number of aromatic nitrogens is 4. The molecule has 4 rings (SSSR count). The van der Waals surface area contributed by atoms with Gasteiger partial charge in [-0.1, -0.05) is 12.1 Å². The van der Waals surface area contributed by atoms with Crippen LogP contribution in [0.3, 0.4) is 0 Å². The third-order valence-electron chi connectivity index (χ3n) is 3.62. The summed E-state index contributed by atoms with van der Waals surface area (Å²) in [5.41, 5.74) is 4.67. The third-order valence-corrected chi connectivity index (χ3v) is 3.62. The average Bonchev–Trinajstić information content (AvgIpc) is 3.07. The molecule has 0 spiro atoms. The Morgan fingerprint density at radius 2 is 1.75 bits per heavy atom. The molecule has 0 aliphatic carbocycles. The highest BCUT2D eigenvalue weighted by Gasteiger charge is 2.04. The summed E-state index contributed by atoms with van der Waals surface area (Å²) < 4.78 is 1.95. The fourth-order valence-electron chi connectivity index (χ4n) is 2.37. The second-order valence-electron chi connectivity index (χ2n) is 5.27. The molecule has 0 saturated carbocycles. The molecule has 0 unspecified atom stereocenters. The van der Waals surface area contributed by atoms with Crippen molar-refractivity contribution in [1.82, 2.24) is 19.4 Å². The van der Waals surface area contributed by atoms with Gasteiger partial charge in [0.25, 0.3) is 0 Å². The van der Waals surface area contributed by atoms with Crippen LogP contribution in [0.2, 0.25) is 0 Å². The summed E-state index contributed by atoms with van der Waals surface area (Å²) in [6.07, 6.45) is 10.9. The van der Waals surface area contributed by atoms with Crippen LogP contribution in [-0.4, -0.2) is 19.4 Å². The summed E-state index contributed by atoms with van der Waals surface area (Å²) in [4.78, 5) is 12.6. The van der Waals surface area contributed by atoms with Gasteiger partial charge >= 0.3 is 0 Å². The lowest BCUT2D eigenvalue weighted by molar-refractivity contribution is 0.955. The van der Waals surface area contributed by atoms with Crippen molar-refractivity contribution >= 4 is 11.3 Å². The molecule has 0 aliphatic rings. The number of imidazole rings is 1. The standard InChI is InChI=1S/C18H14N6/c1-3-16(23-21-11-14-5-7-19-8-6-14)4-2-15(1)17-13-24-10-9-20-12-18(24)22-17/h1-10,12-13H,11H2. The first kappa shape index (κ1) is 14.2. The van der Waals surface area contributed by atoms with Gasteiger partial charge in [0.1, 0.15) is 0 Å². The summed E-state index contributed by atoms with van der Waals surface area (Å²) in [5.74, 6) is 0. The lowest BCUT2D eigenvalue weighted by atomic mass is 10.1. The van der Waals surface area contributed by atoms with Crippen LogP contribution in [0.4, 0.5) is 5.69 Å². The molecule has 1 aromatic carbocycles. The van der Waals surface area contributed by atoms with Crippen LogP contribution >= 0.6 is 0 Å². The zero-order valence-corrected chi connectivity index (χ0v) is 12.8. The molecule has 0 N–H and O–H groups in total. The Balaban J connectivity index is 1.50. The van der Waals surface area contributed by atoms with Gasteiger partial charge in [-0.15, -0.1) is 0 Å². The van der Waals surface area contributed by atoms with Crippen LogP contribution in [0.25, 0.3) is 16.9 Å². The van der Waals surface area contributed by atoms with Gasteiger partial charge < -0.3 is 4.40 Å². The Morgan fingerprint density at radius 3 is 2.54 bits per heavy atom. The quantitative estimate of drug-likeness (QED) is 0.533. The minimum absolute atomic E-state index is 0.545. The molecule has 116 valence electrons. The van der Waals surface area contributed by atoms with Crippen molar-refractivity contribution in [3.05, 3.63) is 79.1 Å². The SMILES string of the molecule is c1cc(CN=Nc2ccc(-c3cn4ccncc4n3)cc2)ccn1. The molecule has 0 bridgehead atoms. The number of hydrogen-bond acceptors (Lipinski definition) is 5. The van der Waals surface area contributed by atoms with Gasteiger partial charge in [0.15, 0.2) is 5.65 Å². The number of fused-ring (bicyclic) bond motifs is 1. The molecule has 0 atom stereocenters. The van der Waals surface area contributed by atoms with E-state index in [1.54, 1.807) is 24.8 Å². The van der Waals surface area contributed by atoms with Gasteiger partial charge in [-0.25, -0.2) is 4.98 Å². The van der Waals surface area contributed by atoms with Gasteiger partial charge in [-0.05, 0) is 29.8 Å². The van der Waals surface area contributed by atoms with Gasteiger partial charge in [0.05, 0.1) is 24.1 Å². The Morgan fingerprint density at radius 1 is 0.917 bits per heavy atom. The normalized spacial score (nSPS) is 11.3. The first-order valence-electron chi connectivity index (χ1n) is 7.54. The molecular weight excluding hydrogens is 300 g/mol. The van der Waals surface area contributed by atoms with Crippen molar-refractivity contribution < 1.29 is 0 Å². The molecule has 3 aromatic heterocycles. The maximum absolute atomic E-state index is 4.55. The van der Waals surface area contributed by atoms with Gasteiger partial charge in [-0.3, -0.25) is 9.97 Å². The zero-order chi connectivity index (χ0) is 16.2. The lowest BCUT2D eigenvalue weighted by Gasteiger charge is -1.97. The van der Waals surface area contributed by atoms with Gasteiger partial charge in [-0.2, -0.15) is 10.2 Å². The predicted molar refractivity (Wildman–Crippen MR) is 90.9 cm³/mol. The first-order valence-corrected chi connectivity index (χ1v) is 7.54. The van der Waals surface area contributed by atoms with E-state index in [1.165, 1.54) is 0 Å². The van der Waals surface area contributed by atoms with Crippen LogP contribution in [0.5, 0.6) is 0 Å². The molecule has 0 amide bonds. The number of pyridine rings is 1. The van der Waals surface area contributed by atoms with E-state index < -0.39 is 0 Å². The topological polar surface area (TPSA) is 67.8 Å². The van der Waals surface area contributed by atoms with E-state index in [-0.39, 0.29) is 0 Å². The maximum atomic E-state index is 4.55. The Hall–Kier alpha value is -3.41. The summed E-state index contributed by atoms with van der Waals surface area (Å²) in [6, 6.07) is 11.7. The van der Waals surface area contributed by atoms with E-state index in [9.17, 15) is 0 Å². The summed E-state index contributed by atoms with van der Waals surface area (Å²) in [7, 11) is 0. The smallest absolute Gasteiger partial charge is 0.155 e. The first-order chi connectivity index (χ1) is 11.9. The highest BCUT2D eigenvalue weighted by atomic mass is 15.1. The molecule has 0 radical (unpaired) electrons. The molecule has 6 nitrogen and oxygen atoms in total. The number of hydrogen-bond donors (Lipinski definition) is 0. The number of azo groups is 1. The average molecular weight is 314 g/mol. The van der Waals surface area contributed by atoms with Crippen LogP contribution in [0.1, 0.15) is 5.56 Å². The van der Waals surface area contributed by atoms with Gasteiger partial charge in [0.2, 0.25) is 0 Å². The largest absolute Gasteiger partial charge is 0.304 e. The van der Waals surface area contributed by atoms with Crippen molar-refractivity contribution in [2.24, 2.45) is 10.2 Å². The Kier molecular flexibility index (Phi) is 3.77. The Labute approximate surface area is 138 Å². The van der Waals surface area contributed by atoms with Crippen LogP contribution in [0, 0.1) is 0 Å². The number of rotatable bonds is 4. The molecule has 0 fully saturated rings. The van der Waals surface area contributed by atoms with E-state index in [0.717, 1.165) is 28.2 Å². The third kappa shape index (κ3) is 3.03. The molecule has 0 aliphatic heterocycles. The van der Waals surface area contributed by atoms with E-state index in [4.69, 9.17) is 0 Å². The van der Waals surface area contributed by atoms with E-state index in [2.05, 4.69) is 25.2 Å². The minimum Gasteiger partial charge on any atom is -0.304 e. The summed E-state index contributed by atoms with van der Waals surface area (Å²) >= 11 is 0. The van der Waals surface area contributed by atoms with E-state index >= 15 is 0 Å². The molecule has 4 aromatic rings. The molecular formula is C18H14N6. The molecule has 24 heavy (non-hydrogen) atoms. The lowest BCUT2D eigenvalue weighted by Crippen LogP contribution is -1.81. The molecule has 3 heterocycles. The van der Waals surface area contributed by atoms with Crippen LogP contribution < -0.4 is 0 Å². The second-order valence-corrected chi connectivity index (χ2v) is 5.27. The monoisotopic (exact) mass is 314 g/mol. The van der Waals surface area contributed by atoms with Crippen molar-refractivity contribution in [2.75, 3.05) is 0 Å². The second kappa shape index (κ2) is 6.37. The summed E-state index contributed by atoms with van der Waals surface area (Å²) in [6.45, 7) is 0.545. The van der Waals surface area contributed by atoms with Crippen molar-refractivity contribution in [3.63, 3.8) is 0 Å². The fraction of sp³-hybridized carbons (Fsp3) is 0.0556. The zero-order valence-electron chi connectivity index (χ0n) is 12.8.